The first-order valence-electron chi connectivity index (χ1n) is 10.1. The van der Waals surface area contributed by atoms with E-state index in [0.717, 1.165) is 24.9 Å². The monoisotopic (exact) mass is 372 g/mol. The van der Waals surface area contributed by atoms with E-state index < -0.39 is 0 Å². The maximum atomic E-state index is 12.1. The number of likely N-dealkylation sites (tertiary alicyclic amines) is 1. The van der Waals surface area contributed by atoms with Crippen LogP contribution >= 0.6 is 0 Å². The summed E-state index contributed by atoms with van der Waals surface area (Å²) >= 11 is 0. The first-order valence-corrected chi connectivity index (χ1v) is 10.1. The number of carbonyl (C=O) groups excluding carboxylic acids is 1. The van der Waals surface area contributed by atoms with Crippen LogP contribution in [0.3, 0.4) is 0 Å². The van der Waals surface area contributed by atoms with E-state index in [1.807, 2.05) is 19.1 Å². The lowest BCUT2D eigenvalue weighted by Gasteiger charge is -2.42. The highest BCUT2D eigenvalue weighted by atomic mass is 16.5. The molecule has 0 bridgehead atoms. The molecule has 1 aliphatic rings. The number of fused-ring (bicyclic) bond motifs is 1. The number of aromatic amines is 1. The van der Waals surface area contributed by atoms with Crippen molar-refractivity contribution < 1.29 is 14.6 Å². The predicted molar refractivity (Wildman–Crippen MR) is 108 cm³/mol. The molecule has 5 nitrogen and oxygen atoms in total. The lowest BCUT2D eigenvalue weighted by molar-refractivity contribution is -0.145. The van der Waals surface area contributed by atoms with E-state index in [2.05, 4.69) is 36.0 Å². The Hall–Kier alpha value is -1.85. The topological polar surface area (TPSA) is 65.6 Å². The first kappa shape index (κ1) is 19.9. The normalized spacial score (nSPS) is 23.6. The van der Waals surface area contributed by atoms with Gasteiger partial charge in [0.15, 0.2) is 0 Å². The Morgan fingerprint density at radius 2 is 2.07 bits per heavy atom. The largest absolute Gasteiger partial charge is 0.466 e. The average Bonchev–Trinajstić information content (AvgIpc) is 3.02. The van der Waals surface area contributed by atoms with Crippen LogP contribution in [-0.2, 0) is 16.0 Å². The van der Waals surface area contributed by atoms with Crippen molar-refractivity contribution in [2.45, 2.75) is 45.6 Å². The highest BCUT2D eigenvalue weighted by molar-refractivity contribution is 5.84. The second-order valence-corrected chi connectivity index (χ2v) is 7.67. The van der Waals surface area contributed by atoms with E-state index in [9.17, 15) is 9.90 Å². The summed E-state index contributed by atoms with van der Waals surface area (Å²) in [5.74, 6) is 0.737. The molecule has 0 unspecified atom stereocenters. The van der Waals surface area contributed by atoms with Crippen molar-refractivity contribution in [3.8, 4) is 0 Å². The van der Waals surface area contributed by atoms with Gasteiger partial charge in [-0.1, -0.05) is 31.5 Å². The maximum absolute atomic E-state index is 12.1. The number of aromatic nitrogens is 1. The van der Waals surface area contributed by atoms with Gasteiger partial charge in [-0.25, -0.2) is 0 Å². The van der Waals surface area contributed by atoms with Gasteiger partial charge in [0.2, 0.25) is 0 Å². The molecule has 1 saturated heterocycles. The van der Waals surface area contributed by atoms with Crippen molar-refractivity contribution in [1.82, 2.24) is 9.88 Å². The van der Waals surface area contributed by atoms with Gasteiger partial charge in [0.25, 0.3) is 0 Å². The zero-order valence-electron chi connectivity index (χ0n) is 16.7. The number of nitrogens with zero attached hydrogens (tertiary/aromatic N) is 1. The Kier molecular flexibility index (Phi) is 6.55. The molecule has 2 heterocycles. The number of aliphatic hydroxyl groups excluding tert-OH is 1. The highest BCUT2D eigenvalue weighted by Gasteiger charge is 2.36. The lowest BCUT2D eigenvalue weighted by atomic mass is 9.77. The summed E-state index contributed by atoms with van der Waals surface area (Å²) in [6, 6.07) is 8.51. The van der Waals surface area contributed by atoms with Gasteiger partial charge in [0, 0.05) is 36.2 Å². The number of para-hydroxylation sites is 1. The lowest BCUT2D eigenvalue weighted by Crippen LogP contribution is -2.41. The van der Waals surface area contributed by atoms with Crippen molar-refractivity contribution in [3.63, 3.8) is 0 Å². The van der Waals surface area contributed by atoms with E-state index in [-0.39, 0.29) is 18.6 Å². The fourth-order valence-electron chi connectivity index (χ4n) is 4.68. The molecule has 2 N–H and O–H groups in total. The molecular weight excluding hydrogens is 340 g/mol. The van der Waals surface area contributed by atoms with Crippen LogP contribution in [-0.4, -0.2) is 47.8 Å². The standard InChI is InChI=1S/C22H32N2O3/c1-4-15-14-24(3)20(12-16(15)13-21(26)27-5-2)22-18(10-11-25)17-8-6-7-9-19(17)23-22/h6-9,15-16,20,23,25H,4-5,10-14H2,1-3H3/t15-,16-,20-/m0/s1. The zero-order chi connectivity index (χ0) is 19.4. The molecule has 27 heavy (non-hydrogen) atoms. The molecule has 3 rings (SSSR count). The van der Waals surface area contributed by atoms with Crippen molar-refractivity contribution in [1.29, 1.82) is 0 Å². The molecule has 0 amide bonds. The Morgan fingerprint density at radius 1 is 1.30 bits per heavy atom. The number of hydrogen-bond acceptors (Lipinski definition) is 4. The molecule has 0 radical (unpaired) electrons. The van der Waals surface area contributed by atoms with Gasteiger partial charge in [-0.05, 0) is 50.3 Å². The summed E-state index contributed by atoms with van der Waals surface area (Å²) in [5, 5.41) is 10.8. The third kappa shape index (κ3) is 4.19. The number of carbonyl (C=O) groups is 1. The van der Waals surface area contributed by atoms with Gasteiger partial charge in [0.1, 0.15) is 0 Å². The third-order valence-corrected chi connectivity index (χ3v) is 6.05. The van der Waals surface area contributed by atoms with Crippen LogP contribution in [0.15, 0.2) is 24.3 Å². The number of esters is 1. The quantitative estimate of drug-likeness (QED) is 0.728. The second kappa shape index (κ2) is 8.89. The molecule has 2 aromatic rings. The number of aliphatic hydroxyl groups is 1. The van der Waals surface area contributed by atoms with Crippen LogP contribution in [0.1, 0.15) is 50.4 Å². The number of ether oxygens (including phenoxy) is 1. The number of rotatable bonds is 7. The minimum atomic E-state index is -0.0866. The molecule has 1 fully saturated rings. The van der Waals surface area contributed by atoms with Gasteiger partial charge in [-0.15, -0.1) is 0 Å². The first-order chi connectivity index (χ1) is 13.1. The van der Waals surface area contributed by atoms with Crippen LogP contribution in [0.2, 0.25) is 0 Å². The molecule has 0 spiro atoms. The van der Waals surface area contributed by atoms with E-state index in [1.165, 1.54) is 16.6 Å². The second-order valence-electron chi connectivity index (χ2n) is 7.67. The Balaban J connectivity index is 1.92. The number of H-pyrrole nitrogens is 1. The number of hydrogen-bond donors (Lipinski definition) is 2. The molecule has 148 valence electrons. The molecule has 0 saturated carbocycles. The summed E-state index contributed by atoms with van der Waals surface area (Å²) in [5.41, 5.74) is 3.51. The van der Waals surface area contributed by atoms with Crippen LogP contribution in [0.25, 0.3) is 10.9 Å². The van der Waals surface area contributed by atoms with Crippen LogP contribution in [0, 0.1) is 11.8 Å². The average molecular weight is 373 g/mol. The van der Waals surface area contributed by atoms with Crippen LogP contribution < -0.4 is 0 Å². The van der Waals surface area contributed by atoms with Gasteiger partial charge in [0.05, 0.1) is 12.6 Å². The summed E-state index contributed by atoms with van der Waals surface area (Å²) in [6.07, 6.45) is 3.13. The summed E-state index contributed by atoms with van der Waals surface area (Å²) in [7, 11) is 2.17. The van der Waals surface area contributed by atoms with E-state index in [0.29, 0.717) is 31.3 Å². The minimum Gasteiger partial charge on any atom is -0.466 e. The van der Waals surface area contributed by atoms with Crippen molar-refractivity contribution >= 4 is 16.9 Å². The van der Waals surface area contributed by atoms with E-state index in [4.69, 9.17) is 4.74 Å². The van der Waals surface area contributed by atoms with Crippen LogP contribution in [0.5, 0.6) is 0 Å². The molecule has 1 aromatic heterocycles. The molecule has 1 aliphatic heterocycles. The molecule has 1 aromatic carbocycles. The van der Waals surface area contributed by atoms with Crippen molar-refractivity contribution in [2.75, 3.05) is 26.8 Å². The zero-order valence-corrected chi connectivity index (χ0v) is 16.7. The Labute approximate surface area is 161 Å². The van der Waals surface area contributed by atoms with E-state index in [1.54, 1.807) is 0 Å². The van der Waals surface area contributed by atoms with Gasteiger partial charge >= 0.3 is 5.97 Å². The summed E-state index contributed by atoms with van der Waals surface area (Å²) in [4.78, 5) is 18.1. The highest BCUT2D eigenvalue weighted by Crippen LogP contribution is 2.41. The smallest absolute Gasteiger partial charge is 0.306 e. The van der Waals surface area contributed by atoms with E-state index >= 15 is 0 Å². The van der Waals surface area contributed by atoms with Gasteiger partial charge in [-0.3, -0.25) is 9.69 Å². The third-order valence-electron chi connectivity index (χ3n) is 6.05. The van der Waals surface area contributed by atoms with Gasteiger partial charge in [-0.2, -0.15) is 0 Å². The maximum Gasteiger partial charge on any atom is 0.306 e. The number of piperidine rings is 1. The number of benzene rings is 1. The number of nitrogens with one attached hydrogen (secondary N) is 1. The van der Waals surface area contributed by atoms with Gasteiger partial charge < -0.3 is 14.8 Å². The van der Waals surface area contributed by atoms with Crippen molar-refractivity contribution in [2.24, 2.45) is 11.8 Å². The fourth-order valence-corrected chi connectivity index (χ4v) is 4.68. The fraction of sp³-hybridized carbons (Fsp3) is 0.591. The predicted octanol–water partition coefficient (Wildman–Crippen LogP) is 3.67. The Morgan fingerprint density at radius 3 is 2.78 bits per heavy atom. The minimum absolute atomic E-state index is 0.0866. The Bertz CT molecular complexity index is 770. The van der Waals surface area contributed by atoms with Crippen molar-refractivity contribution in [3.05, 3.63) is 35.5 Å². The van der Waals surface area contributed by atoms with Crippen LogP contribution in [0.4, 0.5) is 0 Å². The molecule has 5 heteroatoms. The summed E-state index contributed by atoms with van der Waals surface area (Å²) < 4.78 is 5.22. The molecule has 3 atom stereocenters. The summed E-state index contributed by atoms with van der Waals surface area (Å²) in [6.45, 7) is 5.61. The molecular formula is C22H32N2O3. The SMILES string of the molecule is CCOC(=O)C[C@@H]1C[C@@H](c2[nH]c3ccccc3c2CCO)N(C)C[C@@H]1CC. The molecule has 0 aliphatic carbocycles.